The van der Waals surface area contributed by atoms with Crippen LogP contribution in [-0.2, 0) is 0 Å². The van der Waals surface area contributed by atoms with Crippen LogP contribution in [0.2, 0.25) is 0 Å². The maximum atomic E-state index is 12.3. The zero-order chi connectivity index (χ0) is 18.6. The van der Waals surface area contributed by atoms with Crippen LogP contribution in [0.4, 0.5) is 17.1 Å². The Morgan fingerprint density at radius 3 is 2.33 bits per heavy atom. The van der Waals surface area contributed by atoms with Crippen LogP contribution in [0.15, 0.2) is 60.8 Å². The summed E-state index contributed by atoms with van der Waals surface area (Å²) in [6, 6.07) is 16.8. The molecule has 1 amide bonds. The van der Waals surface area contributed by atoms with Gasteiger partial charge in [-0.1, -0.05) is 17.7 Å². The lowest BCUT2D eigenvalue weighted by Crippen LogP contribution is -2.15. The fourth-order valence-corrected chi connectivity index (χ4v) is 2.72. The molecule has 1 aliphatic heterocycles. The minimum Gasteiger partial charge on any atom is -0.486 e. The number of hydrogen-bond acceptors (Lipinski definition) is 5. The van der Waals surface area contributed by atoms with E-state index in [1.807, 2.05) is 55.5 Å². The number of rotatable bonds is 4. The number of ether oxygens (including phenoxy) is 2. The lowest BCUT2D eigenvalue weighted by Gasteiger charge is -2.19. The first-order valence-electron chi connectivity index (χ1n) is 8.68. The normalized spacial score (nSPS) is 12.3. The number of hydrogen-bond donors (Lipinski definition) is 2. The topological polar surface area (TPSA) is 72.5 Å². The molecule has 0 saturated carbocycles. The molecule has 1 aromatic heterocycles. The minimum absolute atomic E-state index is 0.246. The zero-order valence-electron chi connectivity index (χ0n) is 14.9. The fraction of sp³-hybridized carbons (Fsp3) is 0.143. The van der Waals surface area contributed by atoms with E-state index in [0.717, 1.165) is 28.4 Å². The van der Waals surface area contributed by atoms with Crippen LogP contribution < -0.4 is 20.1 Å². The van der Waals surface area contributed by atoms with Crippen molar-refractivity contribution < 1.29 is 14.3 Å². The first kappa shape index (κ1) is 16.9. The third-order valence-electron chi connectivity index (χ3n) is 4.14. The molecule has 2 N–H and O–H groups in total. The van der Waals surface area contributed by atoms with Crippen molar-refractivity contribution in [3.8, 4) is 11.5 Å². The molecule has 4 rings (SSSR count). The van der Waals surface area contributed by atoms with Crippen molar-refractivity contribution in [2.24, 2.45) is 0 Å². The van der Waals surface area contributed by atoms with Gasteiger partial charge in [0.05, 0.1) is 11.9 Å². The first-order valence-corrected chi connectivity index (χ1v) is 8.68. The second kappa shape index (κ2) is 7.37. The van der Waals surface area contributed by atoms with Crippen LogP contribution in [0.3, 0.4) is 0 Å². The van der Waals surface area contributed by atoms with E-state index in [1.54, 1.807) is 12.3 Å². The van der Waals surface area contributed by atoms with Crippen molar-refractivity contribution in [3.05, 3.63) is 72.1 Å². The summed E-state index contributed by atoms with van der Waals surface area (Å²) in [5.41, 5.74) is 3.87. The predicted molar refractivity (Wildman–Crippen MR) is 104 cm³/mol. The average molecular weight is 361 g/mol. The summed E-state index contributed by atoms with van der Waals surface area (Å²) >= 11 is 0. The van der Waals surface area contributed by atoms with Gasteiger partial charge in [0.1, 0.15) is 18.9 Å². The Balaban J connectivity index is 1.42. The number of benzene rings is 2. The van der Waals surface area contributed by atoms with Gasteiger partial charge in [0.2, 0.25) is 0 Å². The molecular formula is C21H19N3O3. The fourth-order valence-electron chi connectivity index (χ4n) is 2.72. The van der Waals surface area contributed by atoms with E-state index in [0.29, 0.717) is 24.7 Å². The van der Waals surface area contributed by atoms with Crippen molar-refractivity contribution in [1.29, 1.82) is 0 Å². The molecule has 1 aliphatic rings. The number of aryl methyl sites for hydroxylation is 1. The minimum atomic E-state index is -0.246. The van der Waals surface area contributed by atoms with Crippen LogP contribution in [0.5, 0.6) is 11.5 Å². The van der Waals surface area contributed by atoms with E-state index in [9.17, 15) is 4.79 Å². The van der Waals surface area contributed by atoms with Crippen LogP contribution in [0.1, 0.15) is 16.1 Å². The second-order valence-electron chi connectivity index (χ2n) is 6.24. The Hall–Kier alpha value is -3.54. The second-order valence-corrected chi connectivity index (χ2v) is 6.24. The van der Waals surface area contributed by atoms with Gasteiger partial charge < -0.3 is 20.1 Å². The number of nitrogens with one attached hydrogen (secondary N) is 2. The molecule has 2 aromatic carbocycles. The molecule has 0 spiro atoms. The molecule has 6 heteroatoms. The highest BCUT2D eigenvalue weighted by Crippen LogP contribution is 2.33. The number of amides is 1. The van der Waals surface area contributed by atoms with E-state index >= 15 is 0 Å². The Labute approximate surface area is 157 Å². The number of anilines is 3. The highest BCUT2D eigenvalue weighted by molar-refractivity contribution is 6.02. The summed E-state index contributed by atoms with van der Waals surface area (Å²) in [6.07, 6.45) is 1.63. The number of carbonyl (C=O) groups excluding carboxylic acids is 1. The van der Waals surface area contributed by atoms with Crippen LogP contribution in [0, 0.1) is 6.92 Å². The largest absolute Gasteiger partial charge is 0.486 e. The van der Waals surface area contributed by atoms with Crippen molar-refractivity contribution in [2.75, 3.05) is 23.8 Å². The number of aromatic nitrogens is 1. The summed E-state index contributed by atoms with van der Waals surface area (Å²) in [5, 5.41) is 6.08. The van der Waals surface area contributed by atoms with Gasteiger partial charge in [0, 0.05) is 17.4 Å². The van der Waals surface area contributed by atoms with Gasteiger partial charge in [-0.05, 0) is 43.3 Å². The zero-order valence-corrected chi connectivity index (χ0v) is 14.9. The molecule has 0 aliphatic carbocycles. The molecule has 136 valence electrons. The molecule has 0 saturated heterocycles. The SMILES string of the molecule is Cc1ccc(NC(=O)c2ccc(Nc3ccc4c(c3)OCCO4)cn2)cc1. The molecule has 2 heterocycles. The summed E-state index contributed by atoms with van der Waals surface area (Å²) in [4.78, 5) is 16.6. The Kier molecular flexibility index (Phi) is 4.61. The predicted octanol–water partition coefficient (Wildman–Crippen LogP) is 4.16. The van der Waals surface area contributed by atoms with Gasteiger partial charge in [-0.15, -0.1) is 0 Å². The summed E-state index contributed by atoms with van der Waals surface area (Å²) in [6.45, 7) is 3.11. The molecule has 3 aromatic rings. The van der Waals surface area contributed by atoms with Crippen molar-refractivity contribution in [2.45, 2.75) is 6.92 Å². The third kappa shape index (κ3) is 4.00. The Morgan fingerprint density at radius 2 is 1.59 bits per heavy atom. The molecule has 0 fully saturated rings. The van der Waals surface area contributed by atoms with Crippen LogP contribution in [-0.4, -0.2) is 24.1 Å². The van der Waals surface area contributed by atoms with Gasteiger partial charge in [-0.2, -0.15) is 0 Å². The Morgan fingerprint density at radius 1 is 0.889 bits per heavy atom. The third-order valence-corrected chi connectivity index (χ3v) is 4.14. The maximum absolute atomic E-state index is 12.3. The van der Waals surface area contributed by atoms with Crippen molar-refractivity contribution >= 4 is 23.0 Å². The maximum Gasteiger partial charge on any atom is 0.274 e. The standard InChI is InChI=1S/C21H19N3O3/c1-14-2-4-15(5-3-14)24-21(25)18-8-6-17(13-22-18)23-16-7-9-19-20(12-16)27-11-10-26-19/h2-9,12-13,23H,10-11H2,1H3,(H,24,25). The van der Waals surface area contributed by atoms with Crippen molar-refractivity contribution in [1.82, 2.24) is 4.98 Å². The number of nitrogens with zero attached hydrogens (tertiary/aromatic N) is 1. The van der Waals surface area contributed by atoms with E-state index < -0.39 is 0 Å². The Bertz CT molecular complexity index is 953. The van der Waals surface area contributed by atoms with E-state index in [4.69, 9.17) is 9.47 Å². The molecule has 27 heavy (non-hydrogen) atoms. The quantitative estimate of drug-likeness (QED) is 0.730. The van der Waals surface area contributed by atoms with Gasteiger partial charge in [0.15, 0.2) is 11.5 Å². The average Bonchev–Trinajstić information content (AvgIpc) is 2.70. The van der Waals surface area contributed by atoms with Gasteiger partial charge in [0.25, 0.3) is 5.91 Å². The number of fused-ring (bicyclic) bond motifs is 1. The number of carbonyl (C=O) groups is 1. The van der Waals surface area contributed by atoms with E-state index in [-0.39, 0.29) is 5.91 Å². The summed E-state index contributed by atoms with van der Waals surface area (Å²) in [7, 11) is 0. The van der Waals surface area contributed by atoms with E-state index in [2.05, 4.69) is 15.6 Å². The molecule has 6 nitrogen and oxygen atoms in total. The monoisotopic (exact) mass is 361 g/mol. The lowest BCUT2D eigenvalue weighted by atomic mass is 10.2. The van der Waals surface area contributed by atoms with Crippen LogP contribution >= 0.6 is 0 Å². The highest BCUT2D eigenvalue weighted by Gasteiger charge is 2.12. The van der Waals surface area contributed by atoms with Crippen LogP contribution in [0.25, 0.3) is 0 Å². The molecule has 0 radical (unpaired) electrons. The molecule has 0 atom stereocenters. The summed E-state index contributed by atoms with van der Waals surface area (Å²) in [5.74, 6) is 1.21. The highest BCUT2D eigenvalue weighted by atomic mass is 16.6. The number of pyridine rings is 1. The molecular weight excluding hydrogens is 342 g/mol. The van der Waals surface area contributed by atoms with Crippen molar-refractivity contribution in [3.63, 3.8) is 0 Å². The van der Waals surface area contributed by atoms with Gasteiger partial charge in [-0.25, -0.2) is 4.98 Å². The van der Waals surface area contributed by atoms with E-state index in [1.165, 1.54) is 0 Å². The molecule has 0 bridgehead atoms. The molecule has 0 unspecified atom stereocenters. The van der Waals surface area contributed by atoms with Gasteiger partial charge >= 0.3 is 0 Å². The lowest BCUT2D eigenvalue weighted by molar-refractivity contribution is 0.102. The van der Waals surface area contributed by atoms with Gasteiger partial charge in [-0.3, -0.25) is 4.79 Å². The smallest absolute Gasteiger partial charge is 0.274 e. The summed E-state index contributed by atoms with van der Waals surface area (Å²) < 4.78 is 11.1. The first-order chi connectivity index (χ1) is 13.2.